The fourth-order valence-electron chi connectivity index (χ4n) is 4.55. The molecule has 1 aliphatic heterocycles. The molecule has 0 bridgehead atoms. The largest absolute Gasteiger partial charge is 0.497 e. The van der Waals surface area contributed by atoms with Crippen LogP contribution in [0.5, 0.6) is 11.5 Å². The van der Waals surface area contributed by atoms with Crippen LogP contribution in [0.1, 0.15) is 25.3 Å². The van der Waals surface area contributed by atoms with Gasteiger partial charge in [-0.25, -0.2) is 4.79 Å². The van der Waals surface area contributed by atoms with Gasteiger partial charge in [0.2, 0.25) is 0 Å². The lowest BCUT2D eigenvalue weighted by molar-refractivity contribution is 0.117. The number of carbonyl (C=O) groups is 1. The summed E-state index contributed by atoms with van der Waals surface area (Å²) in [7, 11) is 3.34. The van der Waals surface area contributed by atoms with Gasteiger partial charge in [-0.1, -0.05) is 18.7 Å². The summed E-state index contributed by atoms with van der Waals surface area (Å²) in [4.78, 5) is 21.1. The van der Waals surface area contributed by atoms with Crippen molar-refractivity contribution in [2.75, 3.05) is 32.2 Å². The molecule has 1 amide bonds. The van der Waals surface area contributed by atoms with E-state index in [1.54, 1.807) is 26.0 Å². The molecule has 0 N–H and O–H groups in total. The van der Waals surface area contributed by atoms with Crippen LogP contribution in [0.25, 0.3) is 11.3 Å². The molecular weight excluding hydrogens is 454 g/mol. The smallest absolute Gasteiger partial charge is 0.414 e. The zero-order valence-corrected chi connectivity index (χ0v) is 21.1. The first-order valence-corrected chi connectivity index (χ1v) is 12.1. The maximum atomic E-state index is 12.3. The Morgan fingerprint density at radius 3 is 2.44 bits per heavy atom. The average Bonchev–Trinajstić information content (AvgIpc) is 2.91. The SMILES string of the molecule is C=C(C)OC(=O)N1CCC(N(Cc2ccnc(-c3ccccc3OC)c2)c2ccc(OC)cc2)CC1. The van der Waals surface area contributed by atoms with E-state index < -0.39 is 0 Å². The highest BCUT2D eigenvalue weighted by Gasteiger charge is 2.28. The molecule has 188 valence electrons. The number of allylic oxidation sites excluding steroid dienone is 1. The highest BCUT2D eigenvalue weighted by atomic mass is 16.6. The molecule has 2 aromatic carbocycles. The summed E-state index contributed by atoms with van der Waals surface area (Å²) in [6.45, 7) is 7.33. The minimum Gasteiger partial charge on any atom is -0.497 e. The number of para-hydroxylation sites is 1. The van der Waals surface area contributed by atoms with E-state index in [-0.39, 0.29) is 12.1 Å². The second-order valence-electron chi connectivity index (χ2n) is 8.86. The van der Waals surface area contributed by atoms with Crippen LogP contribution in [-0.4, -0.2) is 49.3 Å². The molecule has 0 unspecified atom stereocenters. The number of anilines is 1. The van der Waals surface area contributed by atoms with Crippen molar-refractivity contribution in [2.45, 2.75) is 32.4 Å². The van der Waals surface area contributed by atoms with Crippen molar-refractivity contribution < 1.29 is 19.0 Å². The van der Waals surface area contributed by atoms with Gasteiger partial charge in [-0.05, 0) is 73.9 Å². The van der Waals surface area contributed by atoms with Gasteiger partial charge in [-0.15, -0.1) is 0 Å². The quantitative estimate of drug-likeness (QED) is 0.368. The first-order valence-electron chi connectivity index (χ1n) is 12.1. The van der Waals surface area contributed by atoms with Crippen LogP contribution >= 0.6 is 0 Å². The molecule has 0 saturated carbocycles. The number of likely N-dealkylation sites (tertiary alicyclic amines) is 1. The third-order valence-electron chi connectivity index (χ3n) is 6.39. The van der Waals surface area contributed by atoms with Gasteiger partial charge in [0.15, 0.2) is 0 Å². The van der Waals surface area contributed by atoms with Crippen LogP contribution in [0.2, 0.25) is 0 Å². The molecule has 0 radical (unpaired) electrons. The maximum absolute atomic E-state index is 12.3. The van der Waals surface area contributed by atoms with Gasteiger partial charge < -0.3 is 24.0 Å². The number of piperidine rings is 1. The first kappa shape index (κ1) is 25.1. The fourth-order valence-corrected chi connectivity index (χ4v) is 4.55. The van der Waals surface area contributed by atoms with Gasteiger partial charge in [-0.3, -0.25) is 4.98 Å². The van der Waals surface area contributed by atoms with Gasteiger partial charge in [0, 0.05) is 43.1 Å². The predicted molar refractivity (Wildman–Crippen MR) is 141 cm³/mol. The number of hydrogen-bond acceptors (Lipinski definition) is 6. The lowest BCUT2D eigenvalue weighted by atomic mass is 10.0. The van der Waals surface area contributed by atoms with Crippen LogP contribution in [0.4, 0.5) is 10.5 Å². The Bertz CT molecular complexity index is 1190. The molecule has 1 aromatic heterocycles. The Labute approximate surface area is 212 Å². The van der Waals surface area contributed by atoms with Gasteiger partial charge >= 0.3 is 6.09 Å². The van der Waals surface area contributed by atoms with E-state index in [1.165, 1.54) is 0 Å². The molecule has 7 heteroatoms. The molecule has 0 aliphatic carbocycles. The number of benzene rings is 2. The average molecular weight is 488 g/mol. The topological polar surface area (TPSA) is 64.1 Å². The molecule has 1 fully saturated rings. The monoisotopic (exact) mass is 487 g/mol. The summed E-state index contributed by atoms with van der Waals surface area (Å²) in [6, 6.07) is 20.5. The standard InChI is InChI=1S/C29H33N3O4/c1-21(2)36-29(33)31-17-14-24(15-18-31)32(23-9-11-25(34-3)12-10-23)20-22-13-16-30-27(19-22)26-7-5-6-8-28(26)35-4/h5-13,16,19,24H,1,14-15,17-18,20H2,2-4H3. The third kappa shape index (κ3) is 5.97. The lowest BCUT2D eigenvalue weighted by Crippen LogP contribution is -2.46. The number of aromatic nitrogens is 1. The van der Waals surface area contributed by atoms with Crippen LogP contribution in [0, 0.1) is 0 Å². The van der Waals surface area contributed by atoms with Crippen molar-refractivity contribution in [1.29, 1.82) is 0 Å². The Morgan fingerprint density at radius 1 is 1.06 bits per heavy atom. The van der Waals surface area contributed by atoms with Gasteiger partial charge in [-0.2, -0.15) is 0 Å². The molecule has 1 saturated heterocycles. The zero-order chi connectivity index (χ0) is 25.5. The normalized spacial score (nSPS) is 13.7. The van der Waals surface area contributed by atoms with Crippen molar-refractivity contribution >= 4 is 11.8 Å². The molecule has 0 spiro atoms. The molecule has 36 heavy (non-hydrogen) atoms. The molecule has 3 aromatic rings. The Hall–Kier alpha value is -4.00. The van der Waals surface area contributed by atoms with Crippen molar-refractivity contribution in [3.05, 3.63) is 84.8 Å². The number of rotatable bonds is 8. The molecule has 2 heterocycles. The molecular formula is C29H33N3O4. The lowest BCUT2D eigenvalue weighted by Gasteiger charge is -2.39. The zero-order valence-electron chi connectivity index (χ0n) is 21.1. The maximum Gasteiger partial charge on any atom is 0.414 e. The second-order valence-corrected chi connectivity index (χ2v) is 8.86. The van der Waals surface area contributed by atoms with Crippen molar-refractivity contribution in [2.24, 2.45) is 0 Å². The van der Waals surface area contributed by atoms with Crippen molar-refractivity contribution in [3.63, 3.8) is 0 Å². The van der Waals surface area contributed by atoms with Crippen LogP contribution in [-0.2, 0) is 11.3 Å². The minimum absolute atomic E-state index is 0.259. The number of nitrogens with zero attached hydrogens (tertiary/aromatic N) is 3. The summed E-state index contributed by atoms with van der Waals surface area (Å²) in [5.74, 6) is 2.02. The first-order chi connectivity index (χ1) is 17.5. The fraction of sp³-hybridized carbons (Fsp3) is 0.310. The molecule has 1 aliphatic rings. The van der Waals surface area contributed by atoms with Crippen LogP contribution in [0.15, 0.2) is 79.2 Å². The summed E-state index contributed by atoms with van der Waals surface area (Å²) in [6.07, 6.45) is 3.19. The minimum atomic E-state index is -0.326. The van der Waals surface area contributed by atoms with E-state index in [1.807, 2.05) is 42.6 Å². The number of carbonyl (C=O) groups excluding carboxylic acids is 1. The Kier molecular flexibility index (Phi) is 8.10. The predicted octanol–water partition coefficient (Wildman–Crippen LogP) is 5.91. The Morgan fingerprint density at radius 2 is 1.78 bits per heavy atom. The highest BCUT2D eigenvalue weighted by Crippen LogP contribution is 2.31. The van der Waals surface area contributed by atoms with E-state index in [0.29, 0.717) is 25.4 Å². The van der Waals surface area contributed by atoms with Crippen LogP contribution < -0.4 is 14.4 Å². The summed E-state index contributed by atoms with van der Waals surface area (Å²) in [5.41, 5.74) is 4.08. The van der Waals surface area contributed by atoms with Gasteiger partial charge in [0.1, 0.15) is 11.5 Å². The van der Waals surface area contributed by atoms with Crippen molar-refractivity contribution in [1.82, 2.24) is 9.88 Å². The van der Waals surface area contributed by atoms with Crippen molar-refractivity contribution in [3.8, 4) is 22.8 Å². The number of methoxy groups -OCH3 is 2. The number of hydrogen-bond donors (Lipinski definition) is 0. The second kappa shape index (κ2) is 11.6. The summed E-state index contributed by atoms with van der Waals surface area (Å²) in [5, 5.41) is 0. The van der Waals surface area contributed by atoms with E-state index in [9.17, 15) is 4.79 Å². The van der Waals surface area contributed by atoms with Gasteiger partial charge in [0.25, 0.3) is 0 Å². The summed E-state index contributed by atoms with van der Waals surface area (Å²) < 4.78 is 16.1. The summed E-state index contributed by atoms with van der Waals surface area (Å²) >= 11 is 0. The Balaban J connectivity index is 1.57. The number of pyridine rings is 1. The van der Waals surface area contributed by atoms with E-state index in [4.69, 9.17) is 14.2 Å². The third-order valence-corrected chi connectivity index (χ3v) is 6.39. The molecule has 7 nitrogen and oxygen atoms in total. The van der Waals surface area contributed by atoms with Crippen LogP contribution in [0.3, 0.4) is 0 Å². The van der Waals surface area contributed by atoms with Gasteiger partial charge in [0.05, 0.1) is 25.7 Å². The molecule has 4 rings (SSSR count). The van der Waals surface area contributed by atoms with E-state index in [0.717, 1.165) is 46.8 Å². The highest BCUT2D eigenvalue weighted by molar-refractivity contribution is 5.69. The number of ether oxygens (including phenoxy) is 3. The molecule has 0 atom stereocenters. The van der Waals surface area contributed by atoms with E-state index >= 15 is 0 Å². The number of amides is 1. The van der Waals surface area contributed by atoms with E-state index in [2.05, 4.69) is 40.7 Å².